The Kier molecular flexibility index (Phi) is 12.1. The largest absolute Gasteiger partial charge is 0.458 e. The number of hydrogen-bond donors (Lipinski definition) is 0. The van der Waals surface area contributed by atoms with Crippen LogP contribution < -0.4 is 0 Å². The van der Waals surface area contributed by atoms with Gasteiger partial charge in [0, 0.05) is 20.8 Å². The Balaban J connectivity index is 2.73. The first-order valence-electron chi connectivity index (χ1n) is 11.5. The SMILES string of the molecule is CCCCCCCCCCCCC(OC(C)=O)[C@@]1(OC(C)=O)C(=O)C=C[C@H]1OC(C)=O. The predicted molar refractivity (Wildman–Crippen MR) is 116 cm³/mol. The van der Waals surface area contributed by atoms with Crippen molar-refractivity contribution in [3.05, 3.63) is 12.2 Å². The summed E-state index contributed by atoms with van der Waals surface area (Å²) in [5.74, 6) is -2.48. The maximum atomic E-state index is 12.8. The van der Waals surface area contributed by atoms with E-state index in [0.717, 1.165) is 19.3 Å². The highest BCUT2D eigenvalue weighted by Gasteiger charge is 2.59. The van der Waals surface area contributed by atoms with Gasteiger partial charge in [-0.15, -0.1) is 0 Å². The van der Waals surface area contributed by atoms with E-state index in [2.05, 4.69) is 6.92 Å². The summed E-state index contributed by atoms with van der Waals surface area (Å²) in [5, 5.41) is 0. The third kappa shape index (κ3) is 8.83. The van der Waals surface area contributed by atoms with Gasteiger partial charge < -0.3 is 14.2 Å². The number of unbranched alkanes of at least 4 members (excludes halogenated alkanes) is 9. The quantitative estimate of drug-likeness (QED) is 0.209. The van der Waals surface area contributed by atoms with Crippen molar-refractivity contribution in [1.29, 1.82) is 0 Å². The smallest absolute Gasteiger partial charge is 0.303 e. The molecule has 176 valence electrons. The van der Waals surface area contributed by atoms with Crippen LogP contribution in [0.4, 0.5) is 0 Å². The lowest BCUT2D eigenvalue weighted by Gasteiger charge is -2.38. The molecular formula is C24H38O7. The van der Waals surface area contributed by atoms with Crippen molar-refractivity contribution in [2.24, 2.45) is 0 Å². The molecule has 0 saturated carbocycles. The lowest BCUT2D eigenvalue weighted by Crippen LogP contribution is -2.59. The molecule has 0 N–H and O–H groups in total. The molecule has 0 amide bonds. The molecule has 0 bridgehead atoms. The van der Waals surface area contributed by atoms with Crippen molar-refractivity contribution in [3.8, 4) is 0 Å². The summed E-state index contributed by atoms with van der Waals surface area (Å²) in [4.78, 5) is 47.9. The number of rotatable bonds is 15. The number of ether oxygens (including phenoxy) is 3. The van der Waals surface area contributed by atoms with Gasteiger partial charge in [-0.25, -0.2) is 0 Å². The van der Waals surface area contributed by atoms with Gasteiger partial charge in [0.05, 0.1) is 0 Å². The van der Waals surface area contributed by atoms with E-state index in [0.29, 0.717) is 12.8 Å². The first-order valence-corrected chi connectivity index (χ1v) is 11.5. The van der Waals surface area contributed by atoms with Gasteiger partial charge in [0.25, 0.3) is 0 Å². The van der Waals surface area contributed by atoms with Gasteiger partial charge in [-0.1, -0.05) is 64.7 Å². The van der Waals surface area contributed by atoms with E-state index in [1.54, 1.807) is 0 Å². The molecule has 0 radical (unpaired) electrons. The van der Waals surface area contributed by atoms with Crippen LogP contribution in [0.25, 0.3) is 0 Å². The number of carbonyl (C=O) groups is 4. The first-order chi connectivity index (χ1) is 14.7. The first kappa shape index (κ1) is 26.9. The Morgan fingerprint density at radius 1 is 0.871 bits per heavy atom. The van der Waals surface area contributed by atoms with E-state index in [4.69, 9.17) is 14.2 Å². The van der Waals surface area contributed by atoms with E-state index >= 15 is 0 Å². The van der Waals surface area contributed by atoms with Crippen LogP contribution >= 0.6 is 0 Å². The third-order valence-corrected chi connectivity index (χ3v) is 5.44. The van der Waals surface area contributed by atoms with E-state index in [-0.39, 0.29) is 0 Å². The molecule has 0 fully saturated rings. The molecular weight excluding hydrogens is 400 g/mol. The minimum absolute atomic E-state index is 0.328. The standard InChI is InChI=1S/C24H38O7/c1-5-6-7-8-9-10-11-12-13-14-15-22(29-18(2)25)24(31-20(4)27)21(28)16-17-23(24)30-19(3)26/h16-17,22-23H,5-15H2,1-4H3/t22?,23-,24+/m1/s1. The molecule has 1 aliphatic rings. The molecule has 0 spiro atoms. The number of hydrogen-bond acceptors (Lipinski definition) is 7. The van der Waals surface area contributed by atoms with E-state index in [1.807, 2.05) is 0 Å². The molecule has 0 aliphatic heterocycles. The van der Waals surface area contributed by atoms with E-state index in [9.17, 15) is 19.2 Å². The molecule has 0 saturated heterocycles. The van der Waals surface area contributed by atoms with Crippen LogP contribution in [-0.4, -0.2) is 41.5 Å². The molecule has 1 rings (SSSR count). The number of esters is 3. The Morgan fingerprint density at radius 2 is 1.42 bits per heavy atom. The number of ketones is 1. The van der Waals surface area contributed by atoms with Crippen LogP contribution in [0.15, 0.2) is 12.2 Å². The highest BCUT2D eigenvalue weighted by Crippen LogP contribution is 2.36. The van der Waals surface area contributed by atoms with Gasteiger partial charge in [-0.05, 0) is 25.0 Å². The Labute approximate surface area is 185 Å². The summed E-state index contributed by atoms with van der Waals surface area (Å²) in [6.45, 7) is 5.82. The highest BCUT2D eigenvalue weighted by atomic mass is 16.6. The molecule has 0 heterocycles. The van der Waals surface area contributed by atoms with Crippen LogP contribution in [0.3, 0.4) is 0 Å². The van der Waals surface area contributed by atoms with E-state index in [1.165, 1.54) is 71.4 Å². The predicted octanol–water partition coefficient (Wildman–Crippen LogP) is 4.60. The number of carbonyl (C=O) groups excluding carboxylic acids is 4. The van der Waals surface area contributed by atoms with Crippen molar-refractivity contribution in [1.82, 2.24) is 0 Å². The fourth-order valence-corrected chi connectivity index (χ4v) is 4.03. The maximum Gasteiger partial charge on any atom is 0.303 e. The Hall–Kier alpha value is -2.18. The molecule has 31 heavy (non-hydrogen) atoms. The zero-order valence-corrected chi connectivity index (χ0v) is 19.4. The summed E-state index contributed by atoms with van der Waals surface area (Å²) in [6.07, 6.45) is 12.1. The van der Waals surface area contributed by atoms with Crippen molar-refractivity contribution >= 4 is 23.7 Å². The topological polar surface area (TPSA) is 96.0 Å². The molecule has 0 aromatic heterocycles. The van der Waals surface area contributed by atoms with Crippen molar-refractivity contribution in [3.63, 3.8) is 0 Å². The van der Waals surface area contributed by atoms with E-state index < -0.39 is 41.5 Å². The van der Waals surface area contributed by atoms with Crippen LogP contribution in [0, 0.1) is 0 Å². The Morgan fingerprint density at radius 3 is 1.90 bits per heavy atom. The molecule has 7 heteroatoms. The van der Waals surface area contributed by atoms with Gasteiger partial charge in [0.15, 0.2) is 12.2 Å². The van der Waals surface area contributed by atoms with Gasteiger partial charge in [-0.3, -0.25) is 19.2 Å². The molecule has 0 aromatic rings. The molecule has 1 unspecified atom stereocenters. The van der Waals surface area contributed by atoms with Crippen molar-refractivity contribution in [2.45, 2.75) is 116 Å². The summed E-state index contributed by atoms with van der Waals surface area (Å²) in [7, 11) is 0. The van der Waals surface area contributed by atoms with Gasteiger partial charge in [0.1, 0.15) is 0 Å². The second kappa shape index (κ2) is 14.0. The minimum Gasteiger partial charge on any atom is -0.458 e. The van der Waals surface area contributed by atoms with Crippen LogP contribution in [-0.2, 0) is 33.4 Å². The second-order valence-corrected chi connectivity index (χ2v) is 8.21. The lowest BCUT2D eigenvalue weighted by molar-refractivity contribution is -0.203. The minimum atomic E-state index is -1.87. The summed E-state index contributed by atoms with van der Waals surface area (Å²) in [5.41, 5.74) is -1.87. The maximum absolute atomic E-state index is 12.8. The van der Waals surface area contributed by atoms with Crippen LogP contribution in [0.1, 0.15) is 98.3 Å². The molecule has 3 atom stereocenters. The average Bonchev–Trinajstić information content (AvgIpc) is 2.97. The fraction of sp³-hybridized carbons (Fsp3) is 0.750. The van der Waals surface area contributed by atoms with Crippen molar-refractivity contribution in [2.75, 3.05) is 0 Å². The Bertz CT molecular complexity index is 640. The summed E-state index contributed by atoms with van der Waals surface area (Å²) in [6, 6.07) is 0. The highest BCUT2D eigenvalue weighted by molar-refractivity contribution is 6.03. The summed E-state index contributed by atoms with van der Waals surface area (Å²) < 4.78 is 16.1. The van der Waals surface area contributed by atoms with Gasteiger partial charge in [0.2, 0.25) is 11.4 Å². The zero-order chi connectivity index (χ0) is 23.3. The zero-order valence-electron chi connectivity index (χ0n) is 19.4. The third-order valence-electron chi connectivity index (χ3n) is 5.44. The van der Waals surface area contributed by atoms with Crippen LogP contribution in [0.2, 0.25) is 0 Å². The monoisotopic (exact) mass is 438 g/mol. The second-order valence-electron chi connectivity index (χ2n) is 8.21. The molecule has 1 aliphatic carbocycles. The van der Waals surface area contributed by atoms with Gasteiger partial charge >= 0.3 is 17.9 Å². The van der Waals surface area contributed by atoms with Gasteiger partial charge in [-0.2, -0.15) is 0 Å². The molecule has 0 aromatic carbocycles. The fourth-order valence-electron chi connectivity index (χ4n) is 4.03. The molecule has 7 nitrogen and oxygen atoms in total. The van der Waals surface area contributed by atoms with Crippen molar-refractivity contribution < 1.29 is 33.4 Å². The lowest BCUT2D eigenvalue weighted by atomic mass is 9.86. The average molecular weight is 439 g/mol. The van der Waals surface area contributed by atoms with Crippen LogP contribution in [0.5, 0.6) is 0 Å². The summed E-state index contributed by atoms with van der Waals surface area (Å²) >= 11 is 0. The normalized spacial score (nSPS) is 21.0.